The van der Waals surface area contributed by atoms with Crippen LogP contribution in [0.4, 0.5) is 11.6 Å². The fourth-order valence-corrected chi connectivity index (χ4v) is 4.32. The lowest BCUT2D eigenvalue weighted by molar-refractivity contribution is 0.437. The maximum absolute atomic E-state index is 4.84. The summed E-state index contributed by atoms with van der Waals surface area (Å²) in [4.78, 5) is 9.49. The molecule has 2 aliphatic heterocycles. The van der Waals surface area contributed by atoms with Crippen molar-refractivity contribution in [2.75, 3.05) is 18.4 Å². The van der Waals surface area contributed by atoms with E-state index in [9.17, 15) is 0 Å². The van der Waals surface area contributed by atoms with Gasteiger partial charge in [0, 0.05) is 68.2 Å². The highest BCUT2D eigenvalue weighted by molar-refractivity contribution is 5.82. The van der Waals surface area contributed by atoms with Crippen molar-refractivity contribution in [1.29, 1.82) is 0 Å². The molecule has 1 unspecified atom stereocenters. The average molecular weight is 385 g/mol. The summed E-state index contributed by atoms with van der Waals surface area (Å²) >= 11 is 0. The quantitative estimate of drug-likeness (QED) is 0.563. The van der Waals surface area contributed by atoms with Gasteiger partial charge in [0.2, 0.25) is 0 Å². The number of rotatable bonds is 4. The Hall–Kier alpha value is -3.19. The summed E-state index contributed by atoms with van der Waals surface area (Å²) in [5.74, 6) is 3.02. The number of fused-ring (bicyclic) bond motifs is 3. The second kappa shape index (κ2) is 6.15. The Morgan fingerprint density at radius 2 is 2.03 bits per heavy atom. The molecule has 7 heteroatoms. The molecular formula is C22H23N7. The van der Waals surface area contributed by atoms with Crippen LogP contribution in [0.1, 0.15) is 30.0 Å². The van der Waals surface area contributed by atoms with E-state index in [-0.39, 0.29) is 0 Å². The lowest BCUT2D eigenvalue weighted by Gasteiger charge is -2.26. The molecule has 1 atom stereocenters. The molecule has 6 heterocycles. The van der Waals surface area contributed by atoms with Crippen LogP contribution in [0.15, 0.2) is 42.9 Å². The minimum Gasteiger partial charge on any atom is -0.334 e. The monoisotopic (exact) mass is 385 g/mol. The Morgan fingerprint density at radius 3 is 2.76 bits per heavy atom. The standard InChI is InChI=1S/C22H23N7/c1-13-10-29-11-15(13)6-21(29)26-20-4-3-18-19(25-20)5-14(9-24-18)17-12-28(2)27-22(17)16-7-23-8-16/h3-6,9,11-13,16,23H,7-8,10H2,1-2H3,(H,25,26). The second-order valence-electron chi connectivity index (χ2n) is 8.25. The van der Waals surface area contributed by atoms with Crippen molar-refractivity contribution >= 4 is 22.7 Å². The van der Waals surface area contributed by atoms with E-state index in [0.29, 0.717) is 11.8 Å². The minimum absolute atomic E-state index is 0.470. The van der Waals surface area contributed by atoms with Gasteiger partial charge in [0.05, 0.1) is 16.7 Å². The molecule has 29 heavy (non-hydrogen) atoms. The zero-order chi connectivity index (χ0) is 19.5. The van der Waals surface area contributed by atoms with Gasteiger partial charge in [0.15, 0.2) is 0 Å². The molecule has 0 aromatic carbocycles. The van der Waals surface area contributed by atoms with Crippen molar-refractivity contribution in [1.82, 2.24) is 29.6 Å². The minimum atomic E-state index is 0.470. The van der Waals surface area contributed by atoms with E-state index in [1.165, 1.54) is 5.56 Å². The van der Waals surface area contributed by atoms with Gasteiger partial charge in [-0.15, -0.1) is 0 Å². The Kier molecular flexibility index (Phi) is 3.55. The summed E-state index contributed by atoms with van der Waals surface area (Å²) in [6, 6.07) is 8.35. The molecule has 7 nitrogen and oxygen atoms in total. The average Bonchev–Trinajstić information content (AvgIpc) is 3.34. The van der Waals surface area contributed by atoms with E-state index in [2.05, 4.69) is 51.6 Å². The van der Waals surface area contributed by atoms with Gasteiger partial charge in [-0.2, -0.15) is 5.10 Å². The lowest BCUT2D eigenvalue weighted by atomic mass is 9.94. The van der Waals surface area contributed by atoms with E-state index in [1.807, 2.05) is 30.1 Å². The zero-order valence-corrected chi connectivity index (χ0v) is 16.6. The van der Waals surface area contributed by atoms with Crippen LogP contribution in [0.2, 0.25) is 0 Å². The number of hydrogen-bond donors (Lipinski definition) is 2. The van der Waals surface area contributed by atoms with Crippen molar-refractivity contribution in [2.45, 2.75) is 25.3 Å². The van der Waals surface area contributed by atoms with Crippen LogP contribution in [-0.2, 0) is 13.6 Å². The third-order valence-corrected chi connectivity index (χ3v) is 6.09. The fourth-order valence-electron chi connectivity index (χ4n) is 4.32. The van der Waals surface area contributed by atoms with Gasteiger partial charge in [0.1, 0.15) is 11.6 Å². The third kappa shape index (κ3) is 2.73. The molecular weight excluding hydrogens is 362 g/mol. The van der Waals surface area contributed by atoms with Crippen LogP contribution in [0.25, 0.3) is 22.2 Å². The van der Waals surface area contributed by atoms with E-state index in [0.717, 1.165) is 59.1 Å². The van der Waals surface area contributed by atoms with Crippen molar-refractivity contribution in [2.24, 2.45) is 7.05 Å². The van der Waals surface area contributed by atoms with Crippen LogP contribution in [-0.4, -0.2) is 37.4 Å². The summed E-state index contributed by atoms with van der Waals surface area (Å²) in [7, 11) is 1.97. The molecule has 4 aromatic heterocycles. The molecule has 1 fully saturated rings. The molecule has 2 N–H and O–H groups in total. The summed E-state index contributed by atoms with van der Waals surface area (Å²) < 4.78 is 4.15. The fraction of sp³-hybridized carbons (Fsp3) is 0.318. The highest BCUT2D eigenvalue weighted by Gasteiger charge is 2.25. The predicted molar refractivity (Wildman–Crippen MR) is 113 cm³/mol. The molecule has 0 amide bonds. The first-order chi connectivity index (χ1) is 14.1. The van der Waals surface area contributed by atoms with Crippen molar-refractivity contribution in [3.8, 4) is 11.1 Å². The van der Waals surface area contributed by atoms with Crippen LogP contribution < -0.4 is 10.6 Å². The molecule has 146 valence electrons. The number of aromatic nitrogens is 5. The van der Waals surface area contributed by atoms with E-state index in [1.54, 1.807) is 0 Å². The molecule has 6 rings (SSSR count). The Morgan fingerprint density at radius 1 is 1.14 bits per heavy atom. The SMILES string of the molecule is CC1Cn2cc1cc2Nc1ccc2ncc(-c3cn(C)nc3C3CNC3)cc2n1. The number of pyridine rings is 2. The highest BCUT2D eigenvalue weighted by atomic mass is 15.3. The predicted octanol–water partition coefficient (Wildman–Crippen LogP) is 3.38. The van der Waals surface area contributed by atoms with E-state index >= 15 is 0 Å². The number of anilines is 2. The first-order valence-corrected chi connectivity index (χ1v) is 10.1. The molecule has 0 aliphatic carbocycles. The van der Waals surface area contributed by atoms with Crippen LogP contribution in [0.5, 0.6) is 0 Å². The number of aryl methyl sites for hydroxylation is 1. The van der Waals surface area contributed by atoms with Crippen LogP contribution in [0.3, 0.4) is 0 Å². The lowest BCUT2D eigenvalue weighted by Crippen LogP contribution is -2.40. The molecule has 0 radical (unpaired) electrons. The maximum atomic E-state index is 4.84. The van der Waals surface area contributed by atoms with Gasteiger partial charge >= 0.3 is 0 Å². The summed E-state index contributed by atoms with van der Waals surface area (Å²) in [6.45, 7) is 5.26. The normalized spacial score (nSPS) is 18.3. The maximum Gasteiger partial charge on any atom is 0.132 e. The number of nitrogens with zero attached hydrogens (tertiary/aromatic N) is 5. The van der Waals surface area contributed by atoms with Crippen molar-refractivity contribution in [3.63, 3.8) is 0 Å². The van der Waals surface area contributed by atoms with Crippen molar-refractivity contribution in [3.05, 3.63) is 54.1 Å². The van der Waals surface area contributed by atoms with Gasteiger partial charge in [0.25, 0.3) is 0 Å². The van der Waals surface area contributed by atoms with Gasteiger partial charge < -0.3 is 15.2 Å². The first-order valence-electron chi connectivity index (χ1n) is 10.1. The van der Waals surface area contributed by atoms with Gasteiger partial charge in [-0.1, -0.05) is 6.92 Å². The van der Waals surface area contributed by atoms with Gasteiger partial charge in [-0.3, -0.25) is 9.67 Å². The molecule has 2 aliphatic rings. The Balaban J connectivity index is 1.36. The smallest absolute Gasteiger partial charge is 0.132 e. The highest BCUT2D eigenvalue weighted by Crippen LogP contribution is 2.34. The summed E-state index contributed by atoms with van der Waals surface area (Å²) in [5.41, 5.74) is 6.52. The third-order valence-electron chi connectivity index (χ3n) is 6.09. The number of nitrogens with one attached hydrogen (secondary N) is 2. The van der Waals surface area contributed by atoms with Gasteiger partial charge in [-0.25, -0.2) is 4.98 Å². The summed E-state index contributed by atoms with van der Waals surface area (Å²) in [6.07, 6.45) is 6.23. The zero-order valence-electron chi connectivity index (χ0n) is 16.6. The molecule has 1 saturated heterocycles. The molecule has 0 saturated carbocycles. The van der Waals surface area contributed by atoms with Crippen LogP contribution in [0, 0.1) is 0 Å². The molecule has 0 spiro atoms. The Labute approximate surface area is 168 Å². The van der Waals surface area contributed by atoms with Crippen LogP contribution >= 0.6 is 0 Å². The largest absolute Gasteiger partial charge is 0.334 e. The van der Waals surface area contributed by atoms with Crippen molar-refractivity contribution < 1.29 is 0 Å². The molecule has 4 aromatic rings. The summed E-state index contributed by atoms with van der Waals surface area (Å²) in [5, 5.41) is 11.5. The Bertz CT molecular complexity index is 1230. The molecule has 2 bridgehead atoms. The first kappa shape index (κ1) is 16.7. The van der Waals surface area contributed by atoms with E-state index < -0.39 is 0 Å². The van der Waals surface area contributed by atoms with E-state index in [4.69, 9.17) is 10.1 Å². The topological polar surface area (TPSA) is 72.6 Å². The second-order valence-corrected chi connectivity index (χ2v) is 8.25. The number of hydrogen-bond acceptors (Lipinski definition) is 5. The van der Waals surface area contributed by atoms with Gasteiger partial charge in [-0.05, 0) is 29.8 Å².